The molecule has 0 aliphatic carbocycles. The molecule has 0 saturated heterocycles. The summed E-state index contributed by atoms with van der Waals surface area (Å²) >= 11 is 0. The van der Waals surface area contributed by atoms with Gasteiger partial charge in [-0.05, 0) is 6.92 Å². The van der Waals surface area contributed by atoms with E-state index < -0.39 is 8.07 Å². The van der Waals surface area contributed by atoms with E-state index in [2.05, 4.69) is 38.7 Å². The first-order chi connectivity index (χ1) is 5.12. The first-order valence-corrected chi connectivity index (χ1v) is 8.04. The molecule has 0 aliphatic rings. The summed E-state index contributed by atoms with van der Waals surface area (Å²) in [5.74, 6) is 0. The SMILES string of the molecule is C/C=C\[Si](C)(C)CCCCC. The Hall–Kier alpha value is -0.0431. The summed E-state index contributed by atoms with van der Waals surface area (Å²) in [4.78, 5) is 0. The topological polar surface area (TPSA) is 0 Å². The van der Waals surface area contributed by atoms with Gasteiger partial charge in [0.1, 0.15) is 0 Å². The van der Waals surface area contributed by atoms with Crippen molar-refractivity contribution in [2.24, 2.45) is 0 Å². The minimum absolute atomic E-state index is 0.921. The molecule has 0 fully saturated rings. The molecule has 0 atom stereocenters. The molecule has 0 aliphatic heterocycles. The maximum absolute atomic E-state index is 2.45. The normalized spacial score (nSPS) is 12.7. The third-order valence-electron chi connectivity index (χ3n) is 2.04. The van der Waals surface area contributed by atoms with Gasteiger partial charge in [0.25, 0.3) is 0 Å². The lowest BCUT2D eigenvalue weighted by Gasteiger charge is -2.16. The molecule has 0 aromatic carbocycles. The molecule has 1 heteroatoms. The van der Waals surface area contributed by atoms with E-state index in [0.29, 0.717) is 0 Å². The lowest BCUT2D eigenvalue weighted by Crippen LogP contribution is -2.21. The van der Waals surface area contributed by atoms with Gasteiger partial charge < -0.3 is 0 Å². The Kier molecular flexibility index (Phi) is 5.57. The lowest BCUT2D eigenvalue weighted by molar-refractivity contribution is 0.764. The quantitative estimate of drug-likeness (QED) is 0.432. The van der Waals surface area contributed by atoms with Gasteiger partial charge in [0.15, 0.2) is 0 Å². The van der Waals surface area contributed by atoms with Crippen LogP contribution in [0.3, 0.4) is 0 Å². The van der Waals surface area contributed by atoms with Crippen molar-refractivity contribution in [1.82, 2.24) is 0 Å². The fourth-order valence-electron chi connectivity index (χ4n) is 1.37. The molecular weight excluding hydrogens is 148 g/mol. The molecular formula is C10H22Si. The summed E-state index contributed by atoms with van der Waals surface area (Å²) in [6, 6.07) is 1.46. The Morgan fingerprint density at radius 3 is 2.27 bits per heavy atom. The fourth-order valence-corrected chi connectivity index (χ4v) is 3.60. The van der Waals surface area contributed by atoms with Crippen LogP contribution >= 0.6 is 0 Å². The highest BCUT2D eigenvalue weighted by Gasteiger charge is 2.14. The second kappa shape index (κ2) is 5.59. The molecule has 0 radical (unpaired) electrons. The van der Waals surface area contributed by atoms with E-state index in [-0.39, 0.29) is 0 Å². The van der Waals surface area contributed by atoms with Crippen LogP contribution in [0.4, 0.5) is 0 Å². The number of hydrogen-bond donors (Lipinski definition) is 0. The Morgan fingerprint density at radius 1 is 1.18 bits per heavy atom. The molecule has 0 N–H and O–H groups in total. The van der Waals surface area contributed by atoms with E-state index in [1.165, 1.54) is 25.3 Å². The molecule has 11 heavy (non-hydrogen) atoms. The zero-order valence-corrected chi connectivity index (χ0v) is 9.48. The van der Waals surface area contributed by atoms with Gasteiger partial charge in [0.2, 0.25) is 0 Å². The van der Waals surface area contributed by atoms with Crippen LogP contribution in [0.15, 0.2) is 11.8 Å². The molecule has 66 valence electrons. The van der Waals surface area contributed by atoms with Crippen molar-refractivity contribution >= 4 is 8.07 Å². The van der Waals surface area contributed by atoms with E-state index in [1.807, 2.05) is 0 Å². The minimum Gasteiger partial charge on any atom is -0.0989 e. The number of unbranched alkanes of at least 4 members (excludes halogenated alkanes) is 2. The Balaban J connectivity index is 3.55. The Labute approximate surface area is 72.7 Å². The molecule has 0 aromatic heterocycles. The molecule has 0 aromatic rings. The van der Waals surface area contributed by atoms with Gasteiger partial charge in [-0.2, -0.15) is 0 Å². The van der Waals surface area contributed by atoms with Crippen molar-refractivity contribution in [3.63, 3.8) is 0 Å². The van der Waals surface area contributed by atoms with Crippen LogP contribution in [0.1, 0.15) is 33.1 Å². The predicted octanol–water partition coefficient (Wildman–Crippen LogP) is 4.00. The average molecular weight is 170 g/mol. The van der Waals surface area contributed by atoms with Crippen LogP contribution < -0.4 is 0 Å². The van der Waals surface area contributed by atoms with Crippen LogP contribution in [0.2, 0.25) is 19.1 Å². The minimum atomic E-state index is -0.921. The molecule has 0 heterocycles. The van der Waals surface area contributed by atoms with Crippen LogP contribution in [0.5, 0.6) is 0 Å². The van der Waals surface area contributed by atoms with E-state index >= 15 is 0 Å². The van der Waals surface area contributed by atoms with Crippen molar-refractivity contribution in [2.45, 2.75) is 52.2 Å². The van der Waals surface area contributed by atoms with E-state index in [4.69, 9.17) is 0 Å². The standard InChI is InChI=1S/C10H22Si/c1-5-7-8-10-11(3,4)9-6-2/h6,9H,5,7-8,10H2,1-4H3/b9-6-. The summed E-state index contributed by atoms with van der Waals surface area (Å²) in [5, 5.41) is 0. The second-order valence-corrected chi connectivity index (χ2v) is 8.76. The van der Waals surface area contributed by atoms with Crippen molar-refractivity contribution in [3.8, 4) is 0 Å². The molecule has 0 rings (SSSR count). The highest BCUT2D eigenvalue weighted by Crippen LogP contribution is 2.15. The average Bonchev–Trinajstić information content (AvgIpc) is 1.87. The third kappa shape index (κ3) is 6.36. The zero-order chi connectivity index (χ0) is 8.74. The van der Waals surface area contributed by atoms with Crippen molar-refractivity contribution in [1.29, 1.82) is 0 Å². The molecule has 0 saturated carbocycles. The summed E-state index contributed by atoms with van der Waals surface area (Å²) < 4.78 is 0. The largest absolute Gasteiger partial charge is 0.0989 e. The number of allylic oxidation sites excluding steroid dienone is 1. The molecule has 0 unspecified atom stereocenters. The smallest absolute Gasteiger partial charge is 0.0713 e. The van der Waals surface area contributed by atoms with E-state index in [1.54, 1.807) is 0 Å². The first-order valence-electron chi connectivity index (χ1n) is 4.76. The van der Waals surface area contributed by atoms with Gasteiger partial charge in [-0.15, -0.1) is 0 Å². The van der Waals surface area contributed by atoms with Gasteiger partial charge in [0.05, 0.1) is 8.07 Å². The summed E-state index contributed by atoms with van der Waals surface area (Å²) in [5.41, 5.74) is 2.45. The van der Waals surface area contributed by atoms with E-state index in [9.17, 15) is 0 Å². The number of hydrogen-bond acceptors (Lipinski definition) is 0. The predicted molar refractivity (Wildman–Crippen MR) is 56.6 cm³/mol. The van der Waals surface area contributed by atoms with Crippen molar-refractivity contribution in [3.05, 3.63) is 11.8 Å². The van der Waals surface area contributed by atoms with Crippen LogP contribution in [0.25, 0.3) is 0 Å². The monoisotopic (exact) mass is 170 g/mol. The summed E-state index contributed by atoms with van der Waals surface area (Å²) in [6.07, 6.45) is 6.41. The highest BCUT2D eigenvalue weighted by molar-refractivity contribution is 6.82. The summed E-state index contributed by atoms with van der Waals surface area (Å²) in [7, 11) is -0.921. The van der Waals surface area contributed by atoms with Crippen LogP contribution in [0, 0.1) is 0 Å². The highest BCUT2D eigenvalue weighted by atomic mass is 28.3. The van der Waals surface area contributed by atoms with Gasteiger partial charge in [-0.3, -0.25) is 0 Å². The van der Waals surface area contributed by atoms with Crippen LogP contribution in [-0.4, -0.2) is 8.07 Å². The lowest BCUT2D eigenvalue weighted by atomic mass is 10.3. The van der Waals surface area contributed by atoms with Gasteiger partial charge in [0, 0.05) is 0 Å². The van der Waals surface area contributed by atoms with Gasteiger partial charge >= 0.3 is 0 Å². The Bertz CT molecular complexity index is 114. The van der Waals surface area contributed by atoms with E-state index in [0.717, 1.165) is 0 Å². The zero-order valence-electron chi connectivity index (χ0n) is 8.48. The maximum Gasteiger partial charge on any atom is 0.0713 e. The third-order valence-corrected chi connectivity index (χ3v) is 4.92. The second-order valence-electron chi connectivity index (χ2n) is 3.95. The first kappa shape index (κ1) is 11.0. The molecule has 0 amide bonds. The van der Waals surface area contributed by atoms with Crippen molar-refractivity contribution < 1.29 is 0 Å². The fraction of sp³-hybridized carbons (Fsp3) is 0.800. The molecule has 0 spiro atoms. The van der Waals surface area contributed by atoms with Gasteiger partial charge in [-0.1, -0.05) is 57.1 Å². The molecule has 0 bridgehead atoms. The Morgan fingerprint density at radius 2 is 1.82 bits per heavy atom. The molecule has 0 nitrogen and oxygen atoms in total. The number of rotatable bonds is 5. The van der Waals surface area contributed by atoms with Crippen LogP contribution in [-0.2, 0) is 0 Å². The van der Waals surface area contributed by atoms with Gasteiger partial charge in [-0.25, -0.2) is 0 Å². The van der Waals surface area contributed by atoms with Crippen molar-refractivity contribution in [2.75, 3.05) is 0 Å². The summed E-state index contributed by atoms with van der Waals surface area (Å²) in [6.45, 7) is 9.30. The maximum atomic E-state index is 2.45.